The van der Waals surface area contributed by atoms with E-state index >= 15 is 0 Å². The summed E-state index contributed by atoms with van der Waals surface area (Å²) >= 11 is 1.98. The van der Waals surface area contributed by atoms with Gasteiger partial charge in [-0.15, -0.1) is 0 Å². The summed E-state index contributed by atoms with van der Waals surface area (Å²) in [7, 11) is 0. The van der Waals surface area contributed by atoms with Crippen molar-refractivity contribution in [3.05, 3.63) is 29.6 Å². The molecule has 0 spiro atoms. The third-order valence-electron chi connectivity index (χ3n) is 2.80. The Labute approximate surface area is 100 Å². The van der Waals surface area contributed by atoms with Gasteiger partial charge in [0, 0.05) is 41.9 Å². The first-order valence-corrected chi connectivity index (χ1v) is 6.58. The second kappa shape index (κ2) is 5.06. The van der Waals surface area contributed by atoms with Crippen molar-refractivity contribution in [3.8, 4) is 0 Å². The van der Waals surface area contributed by atoms with Gasteiger partial charge in [0.15, 0.2) is 0 Å². The van der Waals surface area contributed by atoms with Gasteiger partial charge in [-0.25, -0.2) is 4.39 Å². The summed E-state index contributed by atoms with van der Waals surface area (Å²) in [6.07, 6.45) is 0. The van der Waals surface area contributed by atoms with E-state index in [1.165, 1.54) is 6.07 Å². The molecule has 0 aliphatic carbocycles. The molecule has 2 N–H and O–H groups in total. The smallest absolute Gasteiger partial charge is 0.129 e. The third-order valence-corrected chi connectivity index (χ3v) is 3.93. The van der Waals surface area contributed by atoms with Gasteiger partial charge in [-0.2, -0.15) is 11.8 Å². The lowest BCUT2D eigenvalue weighted by atomic mass is 10.1. The zero-order valence-corrected chi connectivity index (χ0v) is 10.3. The van der Waals surface area contributed by atoms with E-state index in [4.69, 9.17) is 5.73 Å². The quantitative estimate of drug-likeness (QED) is 0.805. The number of hydrogen-bond donors (Lipinski definition) is 1. The molecule has 0 aromatic heterocycles. The van der Waals surface area contributed by atoms with E-state index < -0.39 is 0 Å². The maximum Gasteiger partial charge on any atom is 0.129 e. The monoisotopic (exact) mass is 240 g/mol. The van der Waals surface area contributed by atoms with Crippen LogP contribution in [0.1, 0.15) is 12.5 Å². The molecule has 2 nitrogen and oxygen atoms in total. The van der Waals surface area contributed by atoms with Gasteiger partial charge in [0.1, 0.15) is 5.82 Å². The molecule has 1 aromatic rings. The van der Waals surface area contributed by atoms with Crippen LogP contribution in [0.15, 0.2) is 18.2 Å². The number of anilines is 1. The summed E-state index contributed by atoms with van der Waals surface area (Å²) in [4.78, 5) is 2.30. The Kier molecular flexibility index (Phi) is 3.71. The van der Waals surface area contributed by atoms with Crippen LogP contribution in [0.2, 0.25) is 0 Å². The van der Waals surface area contributed by atoms with Crippen LogP contribution in [0, 0.1) is 5.82 Å². The van der Waals surface area contributed by atoms with Crippen molar-refractivity contribution in [3.63, 3.8) is 0 Å². The van der Waals surface area contributed by atoms with Crippen LogP contribution in [0.3, 0.4) is 0 Å². The van der Waals surface area contributed by atoms with Gasteiger partial charge >= 0.3 is 0 Å². The summed E-state index contributed by atoms with van der Waals surface area (Å²) in [6.45, 7) is 4.99. The predicted octanol–water partition coefficient (Wildman–Crippen LogP) is 2.35. The van der Waals surface area contributed by atoms with Crippen molar-refractivity contribution < 1.29 is 4.39 Å². The van der Waals surface area contributed by atoms with Crippen LogP contribution in [0.5, 0.6) is 0 Å². The van der Waals surface area contributed by atoms with E-state index in [0.29, 0.717) is 17.5 Å². The zero-order chi connectivity index (χ0) is 11.5. The molecule has 16 heavy (non-hydrogen) atoms. The maximum atomic E-state index is 13.6. The van der Waals surface area contributed by atoms with Crippen molar-refractivity contribution in [1.29, 1.82) is 0 Å². The van der Waals surface area contributed by atoms with Crippen molar-refractivity contribution in [2.45, 2.75) is 18.7 Å². The van der Waals surface area contributed by atoms with E-state index in [2.05, 4.69) is 11.8 Å². The van der Waals surface area contributed by atoms with Gasteiger partial charge in [0.2, 0.25) is 0 Å². The molecular formula is C12H17FN2S. The SMILES string of the molecule is CC1CN(Cc2ccc(N)cc2F)CCS1. The van der Waals surface area contributed by atoms with Gasteiger partial charge in [-0.05, 0) is 12.1 Å². The molecule has 2 rings (SSSR count). The number of nitrogens with zero attached hydrogens (tertiary/aromatic N) is 1. The van der Waals surface area contributed by atoms with Crippen molar-refractivity contribution >= 4 is 17.4 Å². The average molecular weight is 240 g/mol. The molecule has 0 amide bonds. The minimum atomic E-state index is -0.189. The molecule has 1 aromatic carbocycles. The van der Waals surface area contributed by atoms with Crippen LogP contribution in [-0.2, 0) is 6.54 Å². The number of halogens is 1. The van der Waals surface area contributed by atoms with Gasteiger partial charge < -0.3 is 5.73 Å². The second-order valence-corrected chi connectivity index (χ2v) is 5.81. The highest BCUT2D eigenvalue weighted by Crippen LogP contribution is 2.21. The highest BCUT2D eigenvalue weighted by atomic mass is 32.2. The van der Waals surface area contributed by atoms with E-state index in [-0.39, 0.29) is 5.82 Å². The lowest BCUT2D eigenvalue weighted by molar-refractivity contribution is 0.274. The van der Waals surface area contributed by atoms with Crippen LogP contribution in [0.4, 0.5) is 10.1 Å². The molecule has 4 heteroatoms. The average Bonchev–Trinajstić information content (AvgIpc) is 2.22. The first kappa shape index (κ1) is 11.7. The largest absolute Gasteiger partial charge is 0.399 e. The standard InChI is InChI=1S/C12H17FN2S/c1-9-7-15(4-5-16-9)8-10-2-3-11(14)6-12(10)13/h2-3,6,9H,4-5,7-8,14H2,1H3. The fourth-order valence-electron chi connectivity index (χ4n) is 1.97. The molecule has 1 aliphatic rings. The predicted molar refractivity (Wildman–Crippen MR) is 68.0 cm³/mol. The third kappa shape index (κ3) is 2.89. The normalized spacial score (nSPS) is 22.2. The number of rotatable bonds is 2. The molecule has 0 bridgehead atoms. The zero-order valence-electron chi connectivity index (χ0n) is 9.45. The van der Waals surface area contributed by atoms with Crippen molar-refractivity contribution in [1.82, 2.24) is 4.90 Å². The molecule has 88 valence electrons. The lowest BCUT2D eigenvalue weighted by Gasteiger charge is -2.30. The first-order chi connectivity index (χ1) is 7.65. The van der Waals surface area contributed by atoms with Gasteiger partial charge in [-0.1, -0.05) is 13.0 Å². The lowest BCUT2D eigenvalue weighted by Crippen LogP contribution is -2.36. The first-order valence-electron chi connectivity index (χ1n) is 5.53. The van der Waals surface area contributed by atoms with E-state index in [1.54, 1.807) is 12.1 Å². The summed E-state index contributed by atoms with van der Waals surface area (Å²) in [5.41, 5.74) is 6.76. The molecule has 1 fully saturated rings. The Hall–Kier alpha value is -0.740. The maximum absolute atomic E-state index is 13.6. The number of benzene rings is 1. The number of nitrogen functional groups attached to an aromatic ring is 1. The Morgan fingerprint density at radius 2 is 2.38 bits per heavy atom. The van der Waals surface area contributed by atoms with E-state index in [9.17, 15) is 4.39 Å². The van der Waals surface area contributed by atoms with Gasteiger partial charge in [-0.3, -0.25) is 4.90 Å². The molecule has 1 atom stereocenters. The van der Waals surface area contributed by atoms with Gasteiger partial charge in [0.25, 0.3) is 0 Å². The van der Waals surface area contributed by atoms with Crippen LogP contribution in [0.25, 0.3) is 0 Å². The Balaban J connectivity index is 2.02. The number of thioether (sulfide) groups is 1. The van der Waals surface area contributed by atoms with Crippen molar-refractivity contribution in [2.24, 2.45) is 0 Å². The Morgan fingerprint density at radius 1 is 1.56 bits per heavy atom. The molecule has 1 unspecified atom stereocenters. The van der Waals surface area contributed by atoms with E-state index in [1.807, 2.05) is 11.8 Å². The summed E-state index contributed by atoms with van der Waals surface area (Å²) < 4.78 is 13.6. The summed E-state index contributed by atoms with van der Waals surface area (Å²) in [6, 6.07) is 4.95. The molecule has 1 saturated heterocycles. The number of nitrogens with two attached hydrogens (primary N) is 1. The summed E-state index contributed by atoms with van der Waals surface area (Å²) in [5, 5.41) is 0.644. The highest BCUT2D eigenvalue weighted by Gasteiger charge is 2.17. The highest BCUT2D eigenvalue weighted by molar-refractivity contribution is 7.99. The topological polar surface area (TPSA) is 29.3 Å². The Bertz CT molecular complexity index is 370. The molecule has 1 heterocycles. The molecular weight excluding hydrogens is 223 g/mol. The van der Waals surface area contributed by atoms with Crippen LogP contribution < -0.4 is 5.73 Å². The van der Waals surface area contributed by atoms with Crippen LogP contribution >= 0.6 is 11.8 Å². The number of hydrogen-bond acceptors (Lipinski definition) is 3. The minimum Gasteiger partial charge on any atom is -0.399 e. The van der Waals surface area contributed by atoms with Gasteiger partial charge in [0.05, 0.1) is 0 Å². The molecule has 1 aliphatic heterocycles. The fourth-order valence-corrected chi connectivity index (χ4v) is 3.05. The second-order valence-electron chi connectivity index (χ2n) is 4.27. The molecule has 0 radical (unpaired) electrons. The van der Waals surface area contributed by atoms with Crippen molar-refractivity contribution in [2.75, 3.05) is 24.6 Å². The minimum absolute atomic E-state index is 0.189. The van der Waals surface area contributed by atoms with E-state index in [0.717, 1.165) is 24.4 Å². The van der Waals surface area contributed by atoms with Crippen LogP contribution in [-0.4, -0.2) is 29.0 Å². The molecule has 0 saturated carbocycles. The Morgan fingerprint density at radius 3 is 3.06 bits per heavy atom. The summed E-state index contributed by atoms with van der Waals surface area (Å²) in [5.74, 6) is 0.948. The fraction of sp³-hybridized carbons (Fsp3) is 0.500.